The van der Waals surface area contributed by atoms with Crippen LogP contribution in [-0.4, -0.2) is 44.2 Å². The summed E-state index contributed by atoms with van der Waals surface area (Å²) in [6.45, 7) is 5.89. The molecule has 0 aliphatic carbocycles. The van der Waals surface area contributed by atoms with Crippen LogP contribution in [0.15, 0.2) is 41.5 Å². The minimum absolute atomic E-state index is 0.180. The maximum Gasteiger partial charge on any atom is 0.329 e. The third-order valence-electron chi connectivity index (χ3n) is 4.19. The smallest absolute Gasteiger partial charge is 0.329 e. The van der Waals surface area contributed by atoms with Gasteiger partial charge < -0.3 is 20.1 Å². The summed E-state index contributed by atoms with van der Waals surface area (Å²) in [6, 6.07) is 10.4. The van der Waals surface area contributed by atoms with E-state index >= 15 is 0 Å². The number of ether oxygens (including phenoxy) is 2. The van der Waals surface area contributed by atoms with E-state index in [1.165, 1.54) is 19.4 Å². The van der Waals surface area contributed by atoms with Crippen molar-refractivity contribution >= 4 is 41.2 Å². The molecule has 10 heteroatoms. The van der Waals surface area contributed by atoms with Crippen LogP contribution in [0.25, 0.3) is 0 Å². The molecule has 0 aromatic heterocycles. The Kier molecular flexibility index (Phi) is 9.68. The van der Waals surface area contributed by atoms with E-state index in [4.69, 9.17) is 21.1 Å². The van der Waals surface area contributed by atoms with Crippen LogP contribution in [0.5, 0.6) is 11.5 Å². The Morgan fingerprint density at radius 3 is 2.45 bits per heavy atom. The first-order chi connectivity index (χ1) is 15.7. The monoisotopic (exact) mass is 474 g/mol. The summed E-state index contributed by atoms with van der Waals surface area (Å²) in [5.74, 6) is -1.34. The number of nitrogens with zero attached hydrogens (tertiary/aromatic N) is 1. The average Bonchev–Trinajstić information content (AvgIpc) is 2.77. The molecule has 0 saturated heterocycles. The van der Waals surface area contributed by atoms with Gasteiger partial charge in [-0.3, -0.25) is 14.4 Å². The molecule has 0 fully saturated rings. The molecule has 0 aliphatic rings. The predicted molar refractivity (Wildman–Crippen MR) is 127 cm³/mol. The molecular formula is C23H27ClN4O5. The normalized spacial score (nSPS) is 10.7. The van der Waals surface area contributed by atoms with Crippen LogP contribution in [0.3, 0.4) is 0 Å². The Morgan fingerprint density at radius 1 is 1.12 bits per heavy atom. The number of aryl methyl sites for hydroxylation is 1. The van der Waals surface area contributed by atoms with Crippen molar-refractivity contribution in [3.8, 4) is 11.5 Å². The molecule has 0 aliphatic heterocycles. The van der Waals surface area contributed by atoms with Crippen molar-refractivity contribution in [2.24, 2.45) is 11.0 Å². The van der Waals surface area contributed by atoms with E-state index in [0.717, 1.165) is 5.56 Å². The van der Waals surface area contributed by atoms with Gasteiger partial charge in [0.25, 0.3) is 5.91 Å². The molecule has 2 aromatic carbocycles. The molecule has 0 heterocycles. The largest absolute Gasteiger partial charge is 0.493 e. The molecule has 2 aromatic rings. The van der Waals surface area contributed by atoms with Crippen LogP contribution in [0.2, 0.25) is 5.02 Å². The second-order valence-corrected chi connectivity index (χ2v) is 7.95. The summed E-state index contributed by atoms with van der Waals surface area (Å²) in [7, 11) is 1.42. The number of nitrogens with one attached hydrogen (secondary N) is 3. The van der Waals surface area contributed by atoms with Gasteiger partial charge >= 0.3 is 11.8 Å². The number of anilines is 1. The zero-order chi connectivity index (χ0) is 24.4. The topological polar surface area (TPSA) is 118 Å². The van der Waals surface area contributed by atoms with Gasteiger partial charge in [0.2, 0.25) is 0 Å². The minimum atomic E-state index is -0.885. The molecule has 3 amide bonds. The Bertz CT molecular complexity index is 1020. The fourth-order valence-electron chi connectivity index (χ4n) is 2.52. The van der Waals surface area contributed by atoms with Gasteiger partial charge in [0.15, 0.2) is 18.1 Å². The Hall–Kier alpha value is -3.59. The lowest BCUT2D eigenvalue weighted by Crippen LogP contribution is -2.39. The number of benzene rings is 2. The molecule has 33 heavy (non-hydrogen) atoms. The third-order valence-corrected chi connectivity index (χ3v) is 4.47. The van der Waals surface area contributed by atoms with Gasteiger partial charge in [-0.05, 0) is 42.7 Å². The standard InChI is InChI=1S/C23H27ClN4O5/c1-14(2)11-25-22(30)23(31)28-26-12-16-9-18(24)21(19(10-16)32-4)33-13-20(29)27-17-7-5-15(3)6-8-17/h5-10,12,14H,11,13H2,1-4H3,(H,25,30)(H,27,29)(H,28,31)/b26-12-. The van der Waals surface area contributed by atoms with Crippen LogP contribution in [0.4, 0.5) is 5.69 Å². The molecule has 3 N–H and O–H groups in total. The fraction of sp³-hybridized carbons (Fsp3) is 0.304. The molecule has 0 saturated carbocycles. The lowest BCUT2D eigenvalue weighted by atomic mass is 10.2. The van der Waals surface area contributed by atoms with Gasteiger partial charge in [0.1, 0.15) is 0 Å². The Balaban J connectivity index is 1.97. The van der Waals surface area contributed by atoms with Crippen molar-refractivity contribution in [3.05, 3.63) is 52.5 Å². The summed E-state index contributed by atoms with van der Waals surface area (Å²) in [5.41, 5.74) is 4.36. The average molecular weight is 475 g/mol. The van der Waals surface area contributed by atoms with E-state index in [0.29, 0.717) is 17.8 Å². The van der Waals surface area contributed by atoms with Crippen molar-refractivity contribution in [1.82, 2.24) is 10.7 Å². The number of hydrogen-bond acceptors (Lipinski definition) is 6. The lowest BCUT2D eigenvalue weighted by Gasteiger charge is -2.13. The molecule has 0 bridgehead atoms. The number of carbonyl (C=O) groups is 3. The second kappa shape index (κ2) is 12.4. The highest BCUT2D eigenvalue weighted by atomic mass is 35.5. The van der Waals surface area contributed by atoms with Crippen molar-refractivity contribution in [3.63, 3.8) is 0 Å². The highest BCUT2D eigenvalue weighted by Gasteiger charge is 2.15. The van der Waals surface area contributed by atoms with Crippen molar-refractivity contribution < 1.29 is 23.9 Å². The molecule has 0 radical (unpaired) electrons. The van der Waals surface area contributed by atoms with E-state index in [1.54, 1.807) is 18.2 Å². The van der Waals surface area contributed by atoms with Crippen LogP contribution < -0.4 is 25.5 Å². The summed E-state index contributed by atoms with van der Waals surface area (Å²) >= 11 is 6.29. The predicted octanol–water partition coefficient (Wildman–Crippen LogP) is 2.90. The zero-order valence-electron chi connectivity index (χ0n) is 18.9. The van der Waals surface area contributed by atoms with Gasteiger partial charge in [-0.1, -0.05) is 43.1 Å². The number of carbonyl (C=O) groups excluding carboxylic acids is 3. The highest BCUT2D eigenvalue weighted by Crippen LogP contribution is 2.36. The molecule has 176 valence electrons. The number of hydrogen-bond donors (Lipinski definition) is 3. The zero-order valence-corrected chi connectivity index (χ0v) is 19.7. The Morgan fingerprint density at radius 2 is 1.82 bits per heavy atom. The van der Waals surface area contributed by atoms with E-state index < -0.39 is 11.8 Å². The van der Waals surface area contributed by atoms with Gasteiger partial charge in [0.05, 0.1) is 18.3 Å². The second-order valence-electron chi connectivity index (χ2n) is 7.54. The van der Waals surface area contributed by atoms with Gasteiger partial charge in [-0.2, -0.15) is 5.10 Å². The highest BCUT2D eigenvalue weighted by molar-refractivity contribution is 6.35. The first kappa shape index (κ1) is 25.7. The van der Waals surface area contributed by atoms with E-state index in [-0.39, 0.29) is 35.0 Å². The SMILES string of the molecule is COc1cc(/C=N\NC(=O)C(=O)NCC(C)C)cc(Cl)c1OCC(=O)Nc1ccc(C)cc1. The maximum absolute atomic E-state index is 12.2. The third kappa shape index (κ3) is 8.46. The van der Waals surface area contributed by atoms with Gasteiger partial charge in [-0.25, -0.2) is 5.43 Å². The lowest BCUT2D eigenvalue weighted by molar-refractivity contribution is -0.139. The number of hydrazone groups is 1. The van der Waals surface area contributed by atoms with Crippen LogP contribution in [0, 0.1) is 12.8 Å². The quantitative estimate of drug-likeness (QED) is 0.293. The summed E-state index contributed by atoms with van der Waals surface area (Å²) < 4.78 is 10.9. The first-order valence-corrected chi connectivity index (χ1v) is 10.6. The van der Waals surface area contributed by atoms with Crippen molar-refractivity contribution in [1.29, 1.82) is 0 Å². The maximum atomic E-state index is 12.2. The van der Waals surface area contributed by atoms with E-state index in [1.807, 2.05) is 32.9 Å². The van der Waals surface area contributed by atoms with E-state index in [2.05, 4.69) is 21.2 Å². The molecule has 0 unspecified atom stereocenters. The van der Waals surface area contributed by atoms with Gasteiger partial charge in [-0.15, -0.1) is 0 Å². The van der Waals surface area contributed by atoms with Crippen LogP contribution in [-0.2, 0) is 14.4 Å². The molecule has 2 rings (SSSR count). The van der Waals surface area contributed by atoms with Crippen LogP contribution >= 0.6 is 11.6 Å². The fourth-order valence-corrected chi connectivity index (χ4v) is 2.79. The minimum Gasteiger partial charge on any atom is -0.493 e. The van der Waals surface area contributed by atoms with Crippen molar-refractivity contribution in [2.45, 2.75) is 20.8 Å². The number of rotatable bonds is 9. The number of amides is 3. The van der Waals surface area contributed by atoms with Crippen molar-refractivity contribution in [2.75, 3.05) is 25.6 Å². The summed E-state index contributed by atoms with van der Waals surface area (Å²) in [5, 5.41) is 9.16. The van der Waals surface area contributed by atoms with Gasteiger partial charge in [0, 0.05) is 12.2 Å². The molecule has 9 nitrogen and oxygen atoms in total. The molecule has 0 spiro atoms. The molecule has 0 atom stereocenters. The van der Waals surface area contributed by atoms with Crippen LogP contribution in [0.1, 0.15) is 25.0 Å². The number of methoxy groups -OCH3 is 1. The summed E-state index contributed by atoms with van der Waals surface area (Å²) in [4.78, 5) is 35.6. The van der Waals surface area contributed by atoms with E-state index in [9.17, 15) is 14.4 Å². The Labute approximate surface area is 197 Å². The molecular weight excluding hydrogens is 448 g/mol. The summed E-state index contributed by atoms with van der Waals surface area (Å²) in [6.07, 6.45) is 1.30. The number of halogens is 1. The first-order valence-electron chi connectivity index (χ1n) is 10.2.